The van der Waals surface area contributed by atoms with Gasteiger partial charge in [0.25, 0.3) is 0 Å². The maximum atomic E-state index is 10.0. The Bertz CT molecular complexity index is 393. The van der Waals surface area contributed by atoms with Crippen molar-refractivity contribution in [1.82, 2.24) is 0 Å². The van der Waals surface area contributed by atoms with Gasteiger partial charge in [-0.2, -0.15) is 0 Å². The Hall–Kier alpha value is -1.61. The predicted molar refractivity (Wildman–Crippen MR) is 76.3 cm³/mol. The first kappa shape index (κ1) is 16.4. The predicted octanol–water partition coefficient (Wildman–Crippen LogP) is 3.08. The lowest BCUT2D eigenvalue weighted by Gasteiger charge is -2.07. The van der Waals surface area contributed by atoms with Crippen LogP contribution in [-0.2, 0) is 4.79 Å². The molecule has 1 aromatic rings. The quantitative estimate of drug-likeness (QED) is 0.865. The third-order valence-electron chi connectivity index (χ3n) is 2.55. The molecule has 0 fully saturated rings. The number of benzene rings is 1. The summed E-state index contributed by atoms with van der Waals surface area (Å²) in [4.78, 5) is 10.0. The summed E-state index contributed by atoms with van der Waals surface area (Å²) in [6.45, 7) is 11.5. The lowest BCUT2D eigenvalue weighted by atomic mass is 10.1. The molecule has 0 aliphatic heterocycles. The molecule has 1 atom stereocenters. The molecule has 18 heavy (non-hydrogen) atoms. The smallest absolute Gasteiger partial charge is 0.320 e. The van der Waals surface area contributed by atoms with E-state index in [0.717, 1.165) is 5.57 Å². The number of hydrogen-bond acceptors (Lipinski definition) is 2. The number of allylic oxidation sites excluding steroid dienone is 1. The monoisotopic (exact) mass is 249 g/mol. The molecule has 0 saturated carbocycles. The highest BCUT2D eigenvalue weighted by atomic mass is 16.4. The highest BCUT2D eigenvalue weighted by Gasteiger charge is 2.14. The fourth-order valence-corrected chi connectivity index (χ4v) is 1.12. The van der Waals surface area contributed by atoms with E-state index in [2.05, 4.69) is 37.8 Å². The largest absolute Gasteiger partial charge is 0.480 e. The van der Waals surface area contributed by atoms with Crippen LogP contribution in [0.15, 0.2) is 30.8 Å². The second-order valence-electron chi connectivity index (χ2n) is 4.75. The molecule has 0 amide bonds. The average molecular weight is 249 g/mol. The summed E-state index contributed by atoms with van der Waals surface area (Å²) in [7, 11) is 0. The van der Waals surface area contributed by atoms with Crippen LogP contribution in [0.2, 0.25) is 0 Å². The second-order valence-corrected chi connectivity index (χ2v) is 4.75. The molecule has 0 saturated heterocycles. The lowest BCUT2D eigenvalue weighted by Crippen LogP contribution is -2.34. The minimum Gasteiger partial charge on any atom is -0.480 e. The molecule has 0 aliphatic carbocycles. The standard InChI is InChI=1S/C10H12.C5H11NO2/c1-8(2)10-6-4-9(3)5-7-10;1-3(2)4(6)5(7)8/h4-7H,1H2,2-3H3;3-4H,6H2,1-2H3,(H,7,8)/t;4-/m.0/s1. The van der Waals surface area contributed by atoms with Crippen molar-refractivity contribution < 1.29 is 9.90 Å². The van der Waals surface area contributed by atoms with Gasteiger partial charge in [-0.3, -0.25) is 4.79 Å². The van der Waals surface area contributed by atoms with Gasteiger partial charge in [-0.15, -0.1) is 0 Å². The molecule has 3 heteroatoms. The van der Waals surface area contributed by atoms with E-state index in [1.54, 1.807) is 13.8 Å². The molecule has 0 radical (unpaired) electrons. The Morgan fingerprint density at radius 3 is 1.94 bits per heavy atom. The Balaban J connectivity index is 0.000000331. The van der Waals surface area contributed by atoms with Crippen LogP contribution in [0.4, 0.5) is 0 Å². The van der Waals surface area contributed by atoms with Crippen molar-refractivity contribution in [3.05, 3.63) is 42.0 Å². The van der Waals surface area contributed by atoms with Crippen LogP contribution in [0.5, 0.6) is 0 Å². The first-order chi connectivity index (χ1) is 8.25. The normalized spacial score (nSPS) is 11.4. The SMILES string of the molecule is C=C(C)c1ccc(C)cc1.CC(C)[C@H](N)C(=O)O. The summed E-state index contributed by atoms with van der Waals surface area (Å²) < 4.78 is 0. The van der Waals surface area contributed by atoms with Crippen LogP contribution in [0, 0.1) is 12.8 Å². The summed E-state index contributed by atoms with van der Waals surface area (Å²) in [5.41, 5.74) is 8.81. The zero-order chi connectivity index (χ0) is 14.3. The summed E-state index contributed by atoms with van der Waals surface area (Å²) >= 11 is 0. The van der Waals surface area contributed by atoms with Crippen LogP contribution in [-0.4, -0.2) is 17.1 Å². The number of aliphatic carboxylic acids is 1. The minimum absolute atomic E-state index is 0.0208. The van der Waals surface area contributed by atoms with Crippen molar-refractivity contribution in [2.45, 2.75) is 33.7 Å². The van der Waals surface area contributed by atoms with Crippen LogP contribution < -0.4 is 5.73 Å². The summed E-state index contributed by atoms with van der Waals surface area (Å²) in [6, 6.07) is 7.68. The van der Waals surface area contributed by atoms with Gasteiger partial charge in [0.15, 0.2) is 0 Å². The van der Waals surface area contributed by atoms with Crippen molar-refractivity contribution in [3.63, 3.8) is 0 Å². The Morgan fingerprint density at radius 2 is 1.72 bits per heavy atom. The molecule has 3 nitrogen and oxygen atoms in total. The number of carboxylic acid groups (broad SMARTS) is 1. The number of carbonyl (C=O) groups is 1. The van der Waals surface area contributed by atoms with Gasteiger partial charge in [-0.25, -0.2) is 0 Å². The van der Waals surface area contributed by atoms with Crippen molar-refractivity contribution in [2.24, 2.45) is 11.7 Å². The van der Waals surface area contributed by atoms with Crippen molar-refractivity contribution in [1.29, 1.82) is 0 Å². The van der Waals surface area contributed by atoms with E-state index in [1.807, 2.05) is 6.92 Å². The first-order valence-electron chi connectivity index (χ1n) is 5.96. The summed E-state index contributed by atoms with van der Waals surface area (Å²) in [5, 5.41) is 8.23. The van der Waals surface area contributed by atoms with Gasteiger partial charge in [0.2, 0.25) is 0 Å². The molecular formula is C15H23NO2. The Kier molecular flexibility index (Phi) is 6.98. The molecule has 100 valence electrons. The Labute approximate surface area is 109 Å². The van der Waals surface area contributed by atoms with Gasteiger partial charge in [0.1, 0.15) is 6.04 Å². The first-order valence-corrected chi connectivity index (χ1v) is 5.96. The molecule has 0 heterocycles. The van der Waals surface area contributed by atoms with E-state index in [1.165, 1.54) is 11.1 Å². The van der Waals surface area contributed by atoms with Gasteiger partial charge < -0.3 is 10.8 Å². The third kappa shape index (κ3) is 6.21. The van der Waals surface area contributed by atoms with Gasteiger partial charge >= 0.3 is 5.97 Å². The number of hydrogen-bond donors (Lipinski definition) is 2. The molecular weight excluding hydrogens is 226 g/mol. The van der Waals surface area contributed by atoms with Gasteiger partial charge in [0, 0.05) is 0 Å². The van der Waals surface area contributed by atoms with Crippen molar-refractivity contribution in [3.8, 4) is 0 Å². The zero-order valence-corrected chi connectivity index (χ0v) is 11.6. The minimum atomic E-state index is -0.931. The zero-order valence-electron chi connectivity index (χ0n) is 11.6. The van der Waals surface area contributed by atoms with Crippen LogP contribution in [0.3, 0.4) is 0 Å². The molecule has 1 rings (SSSR count). The maximum Gasteiger partial charge on any atom is 0.320 e. The third-order valence-corrected chi connectivity index (χ3v) is 2.55. The van der Waals surface area contributed by atoms with Crippen LogP contribution in [0.25, 0.3) is 5.57 Å². The van der Waals surface area contributed by atoms with Gasteiger partial charge in [-0.05, 0) is 25.3 Å². The van der Waals surface area contributed by atoms with E-state index in [9.17, 15) is 4.79 Å². The van der Waals surface area contributed by atoms with Gasteiger partial charge in [0.05, 0.1) is 0 Å². The van der Waals surface area contributed by atoms with Gasteiger partial charge in [-0.1, -0.05) is 55.8 Å². The van der Waals surface area contributed by atoms with Crippen LogP contribution in [0.1, 0.15) is 31.9 Å². The summed E-state index contributed by atoms with van der Waals surface area (Å²) in [5.74, 6) is -0.910. The lowest BCUT2D eigenvalue weighted by molar-refractivity contribution is -0.139. The molecule has 0 bridgehead atoms. The highest BCUT2D eigenvalue weighted by molar-refractivity contribution is 5.73. The maximum absolute atomic E-state index is 10.0. The molecule has 1 aromatic carbocycles. The Morgan fingerprint density at radius 1 is 1.28 bits per heavy atom. The number of carboxylic acids is 1. The van der Waals surface area contributed by atoms with E-state index in [-0.39, 0.29) is 5.92 Å². The second kappa shape index (κ2) is 7.67. The van der Waals surface area contributed by atoms with Crippen molar-refractivity contribution >= 4 is 11.5 Å². The topological polar surface area (TPSA) is 63.3 Å². The summed E-state index contributed by atoms with van der Waals surface area (Å²) in [6.07, 6.45) is 0. The number of nitrogens with two attached hydrogens (primary N) is 1. The van der Waals surface area contributed by atoms with Crippen LogP contribution >= 0.6 is 0 Å². The fraction of sp³-hybridized carbons (Fsp3) is 0.400. The highest BCUT2D eigenvalue weighted by Crippen LogP contribution is 2.11. The van der Waals surface area contributed by atoms with E-state index in [0.29, 0.717) is 0 Å². The number of rotatable bonds is 3. The molecule has 0 aromatic heterocycles. The van der Waals surface area contributed by atoms with Crippen molar-refractivity contribution in [2.75, 3.05) is 0 Å². The fourth-order valence-electron chi connectivity index (χ4n) is 1.12. The molecule has 3 N–H and O–H groups in total. The van der Waals surface area contributed by atoms with E-state index >= 15 is 0 Å². The number of aryl methyl sites for hydroxylation is 1. The molecule has 0 spiro atoms. The van der Waals surface area contributed by atoms with E-state index in [4.69, 9.17) is 10.8 Å². The van der Waals surface area contributed by atoms with E-state index < -0.39 is 12.0 Å². The average Bonchev–Trinajstić information content (AvgIpc) is 2.29. The molecule has 0 unspecified atom stereocenters. The molecule has 0 aliphatic rings.